The molecule has 3 heteroatoms. The average Bonchev–Trinajstić information content (AvgIpc) is 2.37. The zero-order valence-electron chi connectivity index (χ0n) is 11.7. The number of hydrogen-bond acceptors (Lipinski definition) is 2. The molecule has 2 N–H and O–H groups in total. The molecule has 0 aromatic heterocycles. The van der Waals surface area contributed by atoms with E-state index in [-0.39, 0.29) is 5.78 Å². The molecule has 0 spiro atoms. The van der Waals surface area contributed by atoms with E-state index in [0.717, 1.165) is 10.9 Å². The molecule has 0 radical (unpaired) electrons. The van der Waals surface area contributed by atoms with E-state index in [9.17, 15) is 4.79 Å². The summed E-state index contributed by atoms with van der Waals surface area (Å²) in [5.41, 5.74) is 8.85. The molecule has 0 bridgehead atoms. The molecule has 20 heavy (non-hydrogen) atoms. The molecular formula is C17H18BrNO. The Labute approximate surface area is 128 Å². The third-order valence-electron chi connectivity index (χ3n) is 3.09. The Balaban J connectivity index is 2.33. The van der Waals surface area contributed by atoms with Gasteiger partial charge in [0, 0.05) is 21.3 Å². The van der Waals surface area contributed by atoms with E-state index in [2.05, 4.69) is 35.8 Å². The number of nitrogens with two attached hydrogens (primary N) is 1. The van der Waals surface area contributed by atoms with Crippen LogP contribution in [-0.2, 0) is 6.42 Å². The van der Waals surface area contributed by atoms with E-state index in [1.807, 2.05) is 24.3 Å². The Kier molecular flexibility index (Phi) is 4.61. The number of carbonyl (C=O) groups excluding carboxylic acids is 1. The highest BCUT2D eigenvalue weighted by Gasteiger charge is 2.13. The quantitative estimate of drug-likeness (QED) is 0.663. The van der Waals surface area contributed by atoms with Crippen LogP contribution in [0.25, 0.3) is 0 Å². The standard InChI is InChI=1S/C17H18BrNO/c1-11(2)8-12-4-3-5-13(9-12)17(20)15-7-6-14(18)10-16(15)19/h3-7,9-11H,8,19H2,1-2H3. The zero-order valence-corrected chi connectivity index (χ0v) is 13.3. The number of anilines is 1. The summed E-state index contributed by atoms with van der Waals surface area (Å²) in [5.74, 6) is 0.540. The van der Waals surface area contributed by atoms with E-state index in [1.165, 1.54) is 5.56 Å². The van der Waals surface area contributed by atoms with Crippen molar-refractivity contribution < 1.29 is 4.79 Å². The minimum atomic E-state index is -0.0272. The molecule has 0 saturated heterocycles. The molecule has 2 aromatic rings. The fourth-order valence-corrected chi connectivity index (χ4v) is 2.59. The lowest BCUT2D eigenvalue weighted by molar-refractivity contribution is 0.103. The van der Waals surface area contributed by atoms with Crippen LogP contribution in [0.1, 0.15) is 35.3 Å². The molecule has 0 heterocycles. The summed E-state index contributed by atoms with van der Waals surface area (Å²) in [7, 11) is 0. The Bertz CT molecular complexity index is 635. The average molecular weight is 332 g/mol. The molecule has 0 saturated carbocycles. The highest BCUT2D eigenvalue weighted by atomic mass is 79.9. The lowest BCUT2D eigenvalue weighted by Gasteiger charge is -2.09. The molecule has 0 fully saturated rings. The number of rotatable bonds is 4. The molecule has 2 rings (SSSR count). The molecule has 0 aliphatic heterocycles. The van der Waals surface area contributed by atoms with Gasteiger partial charge >= 0.3 is 0 Å². The van der Waals surface area contributed by atoms with Crippen molar-refractivity contribution in [2.75, 3.05) is 5.73 Å². The maximum atomic E-state index is 12.5. The van der Waals surface area contributed by atoms with Gasteiger partial charge in [-0.2, -0.15) is 0 Å². The second-order valence-electron chi connectivity index (χ2n) is 5.36. The lowest BCUT2D eigenvalue weighted by atomic mass is 9.97. The third-order valence-corrected chi connectivity index (χ3v) is 3.58. The predicted molar refractivity (Wildman–Crippen MR) is 87.0 cm³/mol. The normalized spacial score (nSPS) is 10.8. The van der Waals surface area contributed by atoms with Gasteiger partial charge < -0.3 is 5.73 Å². The van der Waals surface area contributed by atoms with E-state index < -0.39 is 0 Å². The molecule has 0 aliphatic rings. The fraction of sp³-hybridized carbons (Fsp3) is 0.235. The van der Waals surface area contributed by atoms with Crippen LogP contribution in [0.5, 0.6) is 0 Å². The fourth-order valence-electron chi connectivity index (χ4n) is 2.21. The predicted octanol–water partition coefficient (Wildman–Crippen LogP) is 4.46. The van der Waals surface area contributed by atoms with Crippen molar-refractivity contribution in [2.45, 2.75) is 20.3 Å². The first kappa shape index (κ1) is 14.8. The van der Waals surface area contributed by atoms with Crippen LogP contribution in [0.3, 0.4) is 0 Å². The number of carbonyl (C=O) groups is 1. The smallest absolute Gasteiger partial charge is 0.195 e. The maximum Gasteiger partial charge on any atom is 0.195 e. The number of halogens is 1. The van der Waals surface area contributed by atoms with Crippen molar-refractivity contribution in [1.29, 1.82) is 0 Å². The van der Waals surface area contributed by atoms with Crippen molar-refractivity contribution in [3.05, 3.63) is 63.6 Å². The molecule has 0 unspecified atom stereocenters. The van der Waals surface area contributed by atoms with Gasteiger partial charge in [0.05, 0.1) is 0 Å². The van der Waals surface area contributed by atoms with E-state index >= 15 is 0 Å². The van der Waals surface area contributed by atoms with Crippen LogP contribution in [0.2, 0.25) is 0 Å². The van der Waals surface area contributed by atoms with Gasteiger partial charge in [0.1, 0.15) is 0 Å². The first-order chi connectivity index (χ1) is 9.47. The number of nitrogen functional groups attached to an aromatic ring is 1. The van der Waals surface area contributed by atoms with E-state index in [0.29, 0.717) is 22.7 Å². The van der Waals surface area contributed by atoms with Crippen molar-refractivity contribution in [3.63, 3.8) is 0 Å². The van der Waals surface area contributed by atoms with Crippen LogP contribution in [0.4, 0.5) is 5.69 Å². The maximum absolute atomic E-state index is 12.5. The Morgan fingerprint density at radius 2 is 1.95 bits per heavy atom. The van der Waals surface area contributed by atoms with Crippen LogP contribution >= 0.6 is 15.9 Å². The van der Waals surface area contributed by atoms with Gasteiger partial charge in [0.25, 0.3) is 0 Å². The monoisotopic (exact) mass is 331 g/mol. The van der Waals surface area contributed by atoms with Gasteiger partial charge in [-0.1, -0.05) is 48.0 Å². The second-order valence-corrected chi connectivity index (χ2v) is 6.27. The van der Waals surface area contributed by atoms with Gasteiger partial charge in [-0.25, -0.2) is 0 Å². The van der Waals surface area contributed by atoms with Crippen LogP contribution < -0.4 is 5.73 Å². The van der Waals surface area contributed by atoms with Crippen molar-refractivity contribution in [3.8, 4) is 0 Å². The van der Waals surface area contributed by atoms with Crippen LogP contribution in [-0.4, -0.2) is 5.78 Å². The topological polar surface area (TPSA) is 43.1 Å². The molecule has 0 aliphatic carbocycles. The summed E-state index contributed by atoms with van der Waals surface area (Å²) in [6.07, 6.45) is 0.969. The molecule has 0 amide bonds. The zero-order chi connectivity index (χ0) is 14.7. The van der Waals surface area contributed by atoms with Crippen molar-refractivity contribution >= 4 is 27.4 Å². The first-order valence-corrected chi connectivity index (χ1v) is 7.45. The highest BCUT2D eigenvalue weighted by molar-refractivity contribution is 9.10. The van der Waals surface area contributed by atoms with Crippen LogP contribution in [0.15, 0.2) is 46.9 Å². The third kappa shape index (κ3) is 3.48. The minimum Gasteiger partial charge on any atom is -0.398 e. The number of hydrogen-bond donors (Lipinski definition) is 1. The Hall–Kier alpha value is -1.61. The SMILES string of the molecule is CC(C)Cc1cccc(C(=O)c2ccc(Br)cc2N)c1. The molecular weight excluding hydrogens is 314 g/mol. The Morgan fingerprint density at radius 3 is 2.60 bits per heavy atom. The van der Waals surface area contributed by atoms with Gasteiger partial charge in [-0.05, 0) is 42.2 Å². The minimum absolute atomic E-state index is 0.0272. The first-order valence-electron chi connectivity index (χ1n) is 6.66. The van der Waals surface area contributed by atoms with Gasteiger partial charge in [-0.3, -0.25) is 4.79 Å². The second kappa shape index (κ2) is 6.23. The summed E-state index contributed by atoms with van der Waals surface area (Å²) >= 11 is 3.35. The summed E-state index contributed by atoms with van der Waals surface area (Å²) in [6.45, 7) is 4.34. The number of benzene rings is 2. The molecule has 2 aromatic carbocycles. The molecule has 2 nitrogen and oxygen atoms in total. The van der Waals surface area contributed by atoms with Crippen molar-refractivity contribution in [1.82, 2.24) is 0 Å². The van der Waals surface area contributed by atoms with Gasteiger partial charge in [-0.15, -0.1) is 0 Å². The molecule has 104 valence electrons. The summed E-state index contributed by atoms with van der Waals surface area (Å²) < 4.78 is 0.875. The number of ketones is 1. The van der Waals surface area contributed by atoms with E-state index in [4.69, 9.17) is 5.73 Å². The lowest BCUT2D eigenvalue weighted by Crippen LogP contribution is -2.06. The van der Waals surface area contributed by atoms with E-state index in [1.54, 1.807) is 12.1 Å². The summed E-state index contributed by atoms with van der Waals surface area (Å²) in [5, 5.41) is 0. The van der Waals surface area contributed by atoms with Crippen molar-refractivity contribution in [2.24, 2.45) is 5.92 Å². The molecule has 0 atom stereocenters. The van der Waals surface area contributed by atoms with Crippen LogP contribution in [0, 0.1) is 5.92 Å². The Morgan fingerprint density at radius 1 is 1.20 bits per heavy atom. The van der Waals surface area contributed by atoms with Gasteiger partial charge in [0.15, 0.2) is 5.78 Å². The highest BCUT2D eigenvalue weighted by Crippen LogP contribution is 2.22. The summed E-state index contributed by atoms with van der Waals surface area (Å²) in [6, 6.07) is 13.1. The summed E-state index contributed by atoms with van der Waals surface area (Å²) in [4.78, 5) is 12.5. The van der Waals surface area contributed by atoms with Gasteiger partial charge in [0.2, 0.25) is 0 Å². The largest absolute Gasteiger partial charge is 0.398 e.